The molecule has 0 saturated carbocycles. The molecule has 3 heterocycles. The molecule has 0 bridgehead atoms. The largest absolute Gasteiger partial charge is 0.466 e. The summed E-state index contributed by atoms with van der Waals surface area (Å²) < 4.78 is 18.7. The number of thioether (sulfide) groups is 3. The molecule has 0 aromatic heterocycles. The average molecular weight is 723 g/mol. The number of carbonyl (C=O) groups is 5. The monoisotopic (exact) mass is 721 g/mol. The molecular formula is C31H25Cl2NO9S3. The lowest BCUT2D eigenvalue weighted by molar-refractivity contribution is -0.138. The molecule has 46 heavy (non-hydrogen) atoms. The second kappa shape index (κ2) is 12.7. The Balaban J connectivity index is 1.87. The number of hydrogen-bond donors (Lipinski definition) is 0. The Morgan fingerprint density at radius 2 is 1.28 bits per heavy atom. The normalized spacial score (nSPS) is 17.8. The predicted molar refractivity (Wildman–Crippen MR) is 178 cm³/mol. The third-order valence-corrected chi connectivity index (χ3v) is 12.6. The van der Waals surface area contributed by atoms with E-state index in [0.29, 0.717) is 26.8 Å². The highest BCUT2D eigenvalue weighted by Gasteiger charge is 2.61. The summed E-state index contributed by atoms with van der Waals surface area (Å²) in [7, 11) is 4.63. The second-order valence-electron chi connectivity index (χ2n) is 10.3. The highest BCUT2D eigenvalue weighted by Crippen LogP contribution is 2.71. The average Bonchev–Trinajstić information content (AvgIpc) is 3.43. The van der Waals surface area contributed by atoms with Crippen molar-refractivity contribution in [2.45, 2.75) is 23.5 Å². The summed E-state index contributed by atoms with van der Waals surface area (Å²) in [5, 5.41) is 0.487. The fourth-order valence-corrected chi connectivity index (χ4v) is 11.0. The quantitative estimate of drug-likeness (QED) is 0.257. The zero-order chi connectivity index (χ0) is 33.7. The van der Waals surface area contributed by atoms with Gasteiger partial charge < -0.3 is 18.9 Å². The Bertz CT molecular complexity index is 1800. The van der Waals surface area contributed by atoms with E-state index in [1.165, 1.54) is 12.1 Å². The van der Waals surface area contributed by atoms with E-state index in [9.17, 15) is 24.0 Å². The van der Waals surface area contributed by atoms with Gasteiger partial charge in [-0.05, 0) is 38.1 Å². The van der Waals surface area contributed by atoms with Crippen LogP contribution in [0, 0.1) is 0 Å². The van der Waals surface area contributed by atoms with Crippen LogP contribution in [-0.4, -0.2) is 67.8 Å². The summed E-state index contributed by atoms with van der Waals surface area (Å²) in [6, 6.07) is 11.5. The molecule has 2 aromatic rings. The fraction of sp³-hybridized carbons (Fsp3) is 0.258. The molecular weight excluding hydrogens is 697 g/mol. The van der Waals surface area contributed by atoms with Gasteiger partial charge in [-0.15, -0.1) is 0 Å². The van der Waals surface area contributed by atoms with Crippen LogP contribution in [-0.2, 0) is 38.1 Å². The van der Waals surface area contributed by atoms with Crippen LogP contribution < -0.4 is 4.90 Å². The Morgan fingerprint density at radius 3 is 1.83 bits per heavy atom. The van der Waals surface area contributed by atoms with Gasteiger partial charge in [-0.25, -0.2) is 19.2 Å². The summed E-state index contributed by atoms with van der Waals surface area (Å²) in [5.74, 6) is -3.92. The van der Waals surface area contributed by atoms with Crippen molar-refractivity contribution in [3.8, 4) is 0 Å². The van der Waals surface area contributed by atoms with E-state index >= 15 is 0 Å². The van der Waals surface area contributed by atoms with Gasteiger partial charge in [0.15, 0.2) is 0 Å². The first-order chi connectivity index (χ1) is 21.8. The first kappa shape index (κ1) is 34.0. The first-order valence-corrected chi connectivity index (χ1v) is 16.5. The second-order valence-corrected chi connectivity index (χ2v) is 14.9. The SMILES string of the molecule is COC(=O)C1=C(C(=O)OC)SC2(S1)C(C(=O)OC)=C(C(=O)OC)SC1=C2c2ccccc2N(C(=O)c2ccc(Cl)cc2Cl)C1(C)C. The number of benzene rings is 2. The van der Waals surface area contributed by atoms with Gasteiger partial charge in [-0.1, -0.05) is 76.7 Å². The van der Waals surface area contributed by atoms with Crippen molar-refractivity contribution in [2.24, 2.45) is 0 Å². The smallest absolute Gasteiger partial charge is 0.345 e. The van der Waals surface area contributed by atoms with Crippen molar-refractivity contribution < 1.29 is 42.9 Å². The van der Waals surface area contributed by atoms with Crippen LogP contribution in [0.3, 0.4) is 0 Å². The van der Waals surface area contributed by atoms with Crippen molar-refractivity contribution in [1.29, 1.82) is 0 Å². The van der Waals surface area contributed by atoms with Gasteiger partial charge in [0.1, 0.15) is 18.8 Å². The summed E-state index contributed by atoms with van der Waals surface area (Å²) in [5.41, 5.74) is 0.200. The molecule has 0 radical (unpaired) electrons. The van der Waals surface area contributed by atoms with Crippen LogP contribution in [0.1, 0.15) is 29.8 Å². The number of hydrogen-bond acceptors (Lipinski definition) is 12. The van der Waals surface area contributed by atoms with Gasteiger partial charge in [0.05, 0.1) is 55.8 Å². The lowest BCUT2D eigenvalue weighted by atomic mass is 9.83. The van der Waals surface area contributed by atoms with Gasteiger partial charge in [0.2, 0.25) is 0 Å². The van der Waals surface area contributed by atoms with Gasteiger partial charge in [-0.3, -0.25) is 9.69 Å². The molecule has 3 aliphatic rings. The Labute approximate surface area is 286 Å². The molecule has 0 unspecified atom stereocenters. The summed E-state index contributed by atoms with van der Waals surface area (Å²) >= 11 is 15.3. The number of para-hydroxylation sites is 1. The maximum absolute atomic E-state index is 14.4. The lowest BCUT2D eigenvalue weighted by Crippen LogP contribution is -2.53. The molecule has 2 aromatic carbocycles. The highest BCUT2D eigenvalue weighted by molar-refractivity contribution is 8.26. The van der Waals surface area contributed by atoms with Crippen molar-refractivity contribution in [3.63, 3.8) is 0 Å². The van der Waals surface area contributed by atoms with Gasteiger partial charge in [-0.2, -0.15) is 0 Å². The number of rotatable bonds is 5. The summed E-state index contributed by atoms with van der Waals surface area (Å²) in [6.45, 7) is 3.55. The van der Waals surface area contributed by atoms with Crippen molar-refractivity contribution in [2.75, 3.05) is 33.3 Å². The van der Waals surface area contributed by atoms with E-state index in [2.05, 4.69) is 0 Å². The molecule has 3 aliphatic heterocycles. The molecule has 1 spiro atoms. The number of methoxy groups -OCH3 is 4. The maximum Gasteiger partial charge on any atom is 0.345 e. The molecule has 0 fully saturated rings. The van der Waals surface area contributed by atoms with E-state index in [-0.39, 0.29) is 30.9 Å². The molecule has 0 aliphatic carbocycles. The van der Waals surface area contributed by atoms with Crippen molar-refractivity contribution in [1.82, 2.24) is 0 Å². The number of ether oxygens (including phenoxy) is 4. The molecule has 5 rings (SSSR count). The molecule has 0 N–H and O–H groups in total. The van der Waals surface area contributed by atoms with Gasteiger partial charge in [0, 0.05) is 21.1 Å². The third-order valence-electron chi connectivity index (χ3n) is 7.41. The topological polar surface area (TPSA) is 126 Å². The van der Waals surface area contributed by atoms with Crippen molar-refractivity contribution in [3.05, 3.63) is 88.8 Å². The molecule has 0 atom stereocenters. The minimum Gasteiger partial charge on any atom is -0.466 e. The highest BCUT2D eigenvalue weighted by atomic mass is 35.5. The zero-order valence-corrected chi connectivity index (χ0v) is 29.1. The fourth-order valence-electron chi connectivity index (χ4n) is 5.41. The first-order valence-electron chi connectivity index (χ1n) is 13.3. The standard InChI is InChI=1S/C31H25Cl2NO9S3/c1-30(2)24-19(16-9-7-8-10-18(16)34(30)25(35)15-12-11-14(32)13-17(15)33)31(20(26(36)40-3)21(44-24)27(37)41-4)45-22(28(38)42-5)23(46-31)29(39)43-6/h7-13H,1-6H3. The minimum absolute atomic E-state index is 0.134. The molecule has 240 valence electrons. The summed E-state index contributed by atoms with van der Waals surface area (Å²) in [4.78, 5) is 69.5. The molecule has 0 saturated heterocycles. The van der Waals surface area contributed by atoms with E-state index < -0.39 is 39.4 Å². The zero-order valence-electron chi connectivity index (χ0n) is 25.1. The minimum atomic E-state index is -1.68. The van der Waals surface area contributed by atoms with Crippen LogP contribution in [0.2, 0.25) is 10.0 Å². The van der Waals surface area contributed by atoms with E-state index in [0.717, 1.165) is 63.7 Å². The number of halogens is 2. The maximum atomic E-state index is 14.4. The Hall–Kier alpha value is -3.36. The Kier molecular flexibility index (Phi) is 9.37. The van der Waals surface area contributed by atoms with Crippen LogP contribution >= 0.6 is 58.5 Å². The number of carbonyl (C=O) groups excluding carboxylic acids is 5. The Morgan fingerprint density at radius 1 is 0.739 bits per heavy atom. The van der Waals surface area contributed by atoms with E-state index in [1.807, 2.05) is 0 Å². The van der Waals surface area contributed by atoms with Crippen LogP contribution in [0.15, 0.2) is 67.7 Å². The van der Waals surface area contributed by atoms with Gasteiger partial charge >= 0.3 is 23.9 Å². The number of esters is 4. The number of anilines is 1. The van der Waals surface area contributed by atoms with E-state index in [4.69, 9.17) is 42.1 Å². The predicted octanol–water partition coefficient (Wildman–Crippen LogP) is 6.22. The number of fused-ring (bicyclic) bond motifs is 3. The van der Waals surface area contributed by atoms with Gasteiger partial charge in [0.25, 0.3) is 5.91 Å². The molecule has 1 amide bonds. The number of amides is 1. The molecule has 15 heteroatoms. The molecule has 10 nitrogen and oxygen atoms in total. The number of nitrogens with zero attached hydrogens (tertiary/aromatic N) is 1. The lowest BCUT2D eigenvalue weighted by Gasteiger charge is -2.50. The van der Waals surface area contributed by atoms with Crippen LogP contribution in [0.5, 0.6) is 0 Å². The van der Waals surface area contributed by atoms with Crippen LogP contribution in [0.4, 0.5) is 5.69 Å². The van der Waals surface area contributed by atoms with E-state index in [1.54, 1.807) is 49.1 Å². The third kappa shape index (κ3) is 5.22. The van der Waals surface area contributed by atoms with Crippen LogP contribution in [0.25, 0.3) is 5.57 Å². The summed E-state index contributed by atoms with van der Waals surface area (Å²) in [6.07, 6.45) is 0. The van der Waals surface area contributed by atoms with Crippen molar-refractivity contribution >= 4 is 99.5 Å².